The van der Waals surface area contributed by atoms with Gasteiger partial charge in [-0.1, -0.05) is 19.9 Å². The minimum atomic E-state index is -0.328. The summed E-state index contributed by atoms with van der Waals surface area (Å²) in [5, 5.41) is 0. The predicted octanol–water partition coefficient (Wildman–Crippen LogP) is 3.32. The van der Waals surface area contributed by atoms with Gasteiger partial charge in [0.15, 0.2) is 0 Å². The zero-order valence-electron chi connectivity index (χ0n) is 11.9. The van der Waals surface area contributed by atoms with Gasteiger partial charge in [0.05, 0.1) is 13.7 Å². The monoisotopic (exact) mass is 260 g/mol. The van der Waals surface area contributed by atoms with Crippen molar-refractivity contribution in [1.82, 2.24) is 0 Å². The SMILES string of the molecule is COC(=O)C=C(C)c1ccc2c(c1)C(C)(C)CCO2. The molecule has 0 aliphatic carbocycles. The molecular formula is C16H20O3. The maximum Gasteiger partial charge on any atom is 0.330 e. The molecule has 1 aliphatic rings. The Hall–Kier alpha value is -1.77. The number of hydrogen-bond donors (Lipinski definition) is 0. The highest BCUT2D eigenvalue weighted by Gasteiger charge is 2.28. The highest BCUT2D eigenvalue weighted by molar-refractivity contribution is 5.90. The number of benzene rings is 1. The van der Waals surface area contributed by atoms with Crippen LogP contribution in [0.25, 0.3) is 5.57 Å². The first-order chi connectivity index (χ1) is 8.94. The fraction of sp³-hybridized carbons (Fsp3) is 0.438. The molecule has 102 valence electrons. The van der Waals surface area contributed by atoms with E-state index in [2.05, 4.69) is 24.7 Å². The minimum Gasteiger partial charge on any atom is -0.493 e. The molecule has 1 heterocycles. The molecule has 0 spiro atoms. The number of fused-ring (bicyclic) bond motifs is 1. The average Bonchev–Trinajstić information content (AvgIpc) is 2.38. The molecule has 1 aliphatic heterocycles. The Labute approximate surface area is 114 Å². The molecule has 0 aromatic heterocycles. The van der Waals surface area contributed by atoms with Crippen LogP contribution in [-0.4, -0.2) is 19.7 Å². The average molecular weight is 260 g/mol. The lowest BCUT2D eigenvalue weighted by molar-refractivity contribution is -0.134. The Bertz CT molecular complexity index is 527. The van der Waals surface area contributed by atoms with Crippen molar-refractivity contribution in [3.63, 3.8) is 0 Å². The van der Waals surface area contributed by atoms with Gasteiger partial charge in [0.25, 0.3) is 0 Å². The molecule has 0 atom stereocenters. The zero-order chi connectivity index (χ0) is 14.0. The lowest BCUT2D eigenvalue weighted by Gasteiger charge is -2.32. The maximum atomic E-state index is 11.3. The van der Waals surface area contributed by atoms with Gasteiger partial charge in [-0.2, -0.15) is 0 Å². The fourth-order valence-electron chi connectivity index (χ4n) is 2.30. The largest absolute Gasteiger partial charge is 0.493 e. The third-order valence-electron chi connectivity index (χ3n) is 3.68. The number of ether oxygens (including phenoxy) is 2. The van der Waals surface area contributed by atoms with Crippen LogP contribution in [0, 0.1) is 0 Å². The third-order valence-corrected chi connectivity index (χ3v) is 3.68. The molecule has 0 unspecified atom stereocenters. The van der Waals surface area contributed by atoms with Gasteiger partial charge in [0.2, 0.25) is 0 Å². The first-order valence-electron chi connectivity index (χ1n) is 6.48. The van der Waals surface area contributed by atoms with Crippen LogP contribution in [0.5, 0.6) is 5.75 Å². The van der Waals surface area contributed by atoms with Gasteiger partial charge in [-0.3, -0.25) is 0 Å². The van der Waals surface area contributed by atoms with Crippen molar-refractivity contribution in [3.8, 4) is 5.75 Å². The summed E-state index contributed by atoms with van der Waals surface area (Å²) in [6.45, 7) is 7.11. The summed E-state index contributed by atoms with van der Waals surface area (Å²) in [4.78, 5) is 11.3. The lowest BCUT2D eigenvalue weighted by atomic mass is 9.79. The summed E-state index contributed by atoms with van der Waals surface area (Å²) in [6, 6.07) is 6.08. The number of allylic oxidation sites excluding steroid dienone is 1. The Morgan fingerprint density at radius 1 is 1.42 bits per heavy atom. The summed E-state index contributed by atoms with van der Waals surface area (Å²) >= 11 is 0. The van der Waals surface area contributed by atoms with Gasteiger partial charge >= 0.3 is 5.97 Å². The molecule has 0 amide bonds. The quantitative estimate of drug-likeness (QED) is 0.604. The number of carbonyl (C=O) groups is 1. The lowest BCUT2D eigenvalue weighted by Crippen LogP contribution is -2.26. The Kier molecular flexibility index (Phi) is 3.65. The van der Waals surface area contributed by atoms with E-state index in [1.807, 2.05) is 19.1 Å². The van der Waals surface area contributed by atoms with Gasteiger partial charge in [-0.05, 0) is 42.0 Å². The molecule has 1 aromatic carbocycles. The Balaban J connectivity index is 2.40. The van der Waals surface area contributed by atoms with Crippen molar-refractivity contribution in [3.05, 3.63) is 35.4 Å². The fourth-order valence-corrected chi connectivity index (χ4v) is 2.30. The van der Waals surface area contributed by atoms with E-state index in [1.54, 1.807) is 0 Å². The number of esters is 1. The molecule has 0 saturated carbocycles. The smallest absolute Gasteiger partial charge is 0.330 e. The normalized spacial score (nSPS) is 17.4. The Morgan fingerprint density at radius 2 is 2.16 bits per heavy atom. The van der Waals surface area contributed by atoms with E-state index >= 15 is 0 Å². The molecule has 0 fully saturated rings. The van der Waals surface area contributed by atoms with Crippen LogP contribution in [-0.2, 0) is 14.9 Å². The van der Waals surface area contributed by atoms with Crippen molar-refractivity contribution in [2.75, 3.05) is 13.7 Å². The molecule has 3 nitrogen and oxygen atoms in total. The minimum absolute atomic E-state index is 0.106. The van der Waals surface area contributed by atoms with Gasteiger partial charge in [0.1, 0.15) is 5.75 Å². The van der Waals surface area contributed by atoms with Crippen molar-refractivity contribution < 1.29 is 14.3 Å². The summed E-state index contributed by atoms with van der Waals surface area (Å²) in [7, 11) is 1.38. The maximum absolute atomic E-state index is 11.3. The number of methoxy groups -OCH3 is 1. The molecule has 1 aromatic rings. The van der Waals surface area contributed by atoms with Gasteiger partial charge in [-0.25, -0.2) is 4.79 Å². The van der Waals surface area contributed by atoms with Gasteiger partial charge < -0.3 is 9.47 Å². The molecule has 0 radical (unpaired) electrons. The van der Waals surface area contributed by atoms with Gasteiger partial charge in [0, 0.05) is 11.6 Å². The summed E-state index contributed by atoms with van der Waals surface area (Å²) in [6.07, 6.45) is 2.52. The van der Waals surface area contributed by atoms with E-state index in [0.29, 0.717) is 0 Å². The van der Waals surface area contributed by atoms with Crippen molar-refractivity contribution >= 4 is 11.5 Å². The second-order valence-corrected chi connectivity index (χ2v) is 5.54. The standard InChI is InChI=1S/C16H20O3/c1-11(9-15(17)18-4)12-5-6-14-13(10-12)16(2,3)7-8-19-14/h5-6,9-10H,7-8H2,1-4H3. The molecule has 3 heteroatoms. The van der Waals surface area contributed by atoms with E-state index in [-0.39, 0.29) is 11.4 Å². The van der Waals surface area contributed by atoms with Gasteiger partial charge in [-0.15, -0.1) is 0 Å². The van der Waals surface area contributed by atoms with Crippen LogP contribution in [0.3, 0.4) is 0 Å². The van der Waals surface area contributed by atoms with Crippen molar-refractivity contribution in [1.29, 1.82) is 0 Å². The summed E-state index contributed by atoms with van der Waals surface area (Å²) in [5.41, 5.74) is 3.24. The molecule has 0 saturated heterocycles. The second kappa shape index (κ2) is 5.08. The summed E-state index contributed by atoms with van der Waals surface area (Å²) < 4.78 is 10.3. The Morgan fingerprint density at radius 3 is 2.84 bits per heavy atom. The molecule has 0 bridgehead atoms. The highest BCUT2D eigenvalue weighted by atomic mass is 16.5. The molecule has 19 heavy (non-hydrogen) atoms. The van der Waals surface area contributed by atoms with Crippen molar-refractivity contribution in [2.24, 2.45) is 0 Å². The van der Waals surface area contributed by atoms with Crippen LogP contribution in [0.15, 0.2) is 24.3 Å². The first-order valence-corrected chi connectivity index (χ1v) is 6.48. The first kappa shape index (κ1) is 13.7. The predicted molar refractivity (Wildman–Crippen MR) is 75.2 cm³/mol. The van der Waals surface area contributed by atoms with Crippen LogP contribution >= 0.6 is 0 Å². The third kappa shape index (κ3) is 2.80. The van der Waals surface area contributed by atoms with Crippen LogP contribution in [0.4, 0.5) is 0 Å². The van der Waals surface area contributed by atoms with E-state index in [1.165, 1.54) is 18.7 Å². The molecule has 0 N–H and O–H groups in total. The number of rotatable bonds is 2. The van der Waals surface area contributed by atoms with Crippen molar-refractivity contribution in [2.45, 2.75) is 32.6 Å². The van der Waals surface area contributed by atoms with Crippen LogP contribution < -0.4 is 4.74 Å². The number of hydrogen-bond acceptors (Lipinski definition) is 3. The highest BCUT2D eigenvalue weighted by Crippen LogP contribution is 2.39. The molecule has 2 rings (SSSR count). The topological polar surface area (TPSA) is 35.5 Å². The molecular weight excluding hydrogens is 240 g/mol. The van der Waals surface area contributed by atoms with E-state index < -0.39 is 0 Å². The van der Waals surface area contributed by atoms with Crippen LogP contribution in [0.1, 0.15) is 38.3 Å². The van der Waals surface area contributed by atoms with Crippen LogP contribution in [0.2, 0.25) is 0 Å². The number of carbonyl (C=O) groups excluding carboxylic acids is 1. The zero-order valence-corrected chi connectivity index (χ0v) is 11.9. The summed E-state index contributed by atoms with van der Waals surface area (Å²) in [5.74, 6) is 0.622. The second-order valence-electron chi connectivity index (χ2n) is 5.54. The van der Waals surface area contributed by atoms with E-state index in [0.717, 1.165) is 29.9 Å². The van der Waals surface area contributed by atoms with E-state index in [9.17, 15) is 4.79 Å². The van der Waals surface area contributed by atoms with E-state index in [4.69, 9.17) is 4.74 Å².